The van der Waals surface area contributed by atoms with Crippen LogP contribution < -0.4 is 4.74 Å². The number of alkyl halides is 1. The Labute approximate surface area is 99.3 Å². The Kier molecular flexibility index (Phi) is 4.55. The van der Waals surface area contributed by atoms with Crippen molar-refractivity contribution in [2.45, 2.75) is 25.6 Å². The highest BCUT2D eigenvalue weighted by molar-refractivity contribution is 6.20. The number of nitro groups is 1. The topological polar surface area (TPSA) is 52.4 Å². The van der Waals surface area contributed by atoms with Crippen LogP contribution in [0.3, 0.4) is 0 Å². The second-order valence-electron chi connectivity index (χ2n) is 3.48. The average molecular weight is 244 g/mol. The zero-order chi connectivity index (χ0) is 12.1. The van der Waals surface area contributed by atoms with Crippen molar-refractivity contribution in [1.29, 1.82) is 0 Å². The van der Waals surface area contributed by atoms with E-state index in [4.69, 9.17) is 16.3 Å². The van der Waals surface area contributed by atoms with Gasteiger partial charge in [0.15, 0.2) is 5.75 Å². The minimum absolute atomic E-state index is 0.00309. The van der Waals surface area contributed by atoms with E-state index in [1.807, 2.05) is 6.92 Å². The number of nitro benzene ring substituents is 1. The number of hydrogen-bond acceptors (Lipinski definition) is 3. The first-order chi connectivity index (χ1) is 7.54. The van der Waals surface area contributed by atoms with Gasteiger partial charge in [-0.1, -0.05) is 6.07 Å². The van der Waals surface area contributed by atoms with Crippen molar-refractivity contribution in [2.24, 2.45) is 0 Å². The lowest BCUT2D eigenvalue weighted by Crippen LogP contribution is -2.01. The molecule has 1 atom stereocenters. The SMILES string of the molecule is CCOc1ccc(CC(C)Cl)cc1[N+](=O)[O-]. The number of hydrogen-bond donors (Lipinski definition) is 0. The first kappa shape index (κ1) is 12.8. The van der Waals surface area contributed by atoms with Crippen LogP contribution in [0.5, 0.6) is 5.75 Å². The summed E-state index contributed by atoms with van der Waals surface area (Å²) in [7, 11) is 0. The van der Waals surface area contributed by atoms with Gasteiger partial charge in [0, 0.05) is 11.4 Å². The van der Waals surface area contributed by atoms with Gasteiger partial charge in [-0.3, -0.25) is 10.1 Å². The molecule has 0 aliphatic heterocycles. The van der Waals surface area contributed by atoms with Crippen LogP contribution in [0.15, 0.2) is 18.2 Å². The van der Waals surface area contributed by atoms with Gasteiger partial charge in [0.05, 0.1) is 11.5 Å². The molecule has 0 amide bonds. The third kappa shape index (κ3) is 3.38. The van der Waals surface area contributed by atoms with Crippen LogP contribution in [0.25, 0.3) is 0 Å². The van der Waals surface area contributed by atoms with E-state index in [-0.39, 0.29) is 11.1 Å². The van der Waals surface area contributed by atoms with Crippen molar-refractivity contribution >= 4 is 17.3 Å². The molecule has 1 aromatic carbocycles. The fraction of sp³-hybridized carbons (Fsp3) is 0.455. The molecule has 0 spiro atoms. The number of rotatable bonds is 5. The lowest BCUT2D eigenvalue weighted by atomic mass is 10.1. The van der Waals surface area contributed by atoms with Gasteiger partial charge in [0.1, 0.15) is 0 Å². The monoisotopic (exact) mass is 243 g/mol. The third-order valence-corrected chi connectivity index (χ3v) is 2.19. The number of nitrogens with zero attached hydrogens (tertiary/aromatic N) is 1. The minimum atomic E-state index is -0.437. The smallest absolute Gasteiger partial charge is 0.311 e. The zero-order valence-corrected chi connectivity index (χ0v) is 10.0. The largest absolute Gasteiger partial charge is 0.487 e. The molecule has 0 aliphatic carbocycles. The summed E-state index contributed by atoms with van der Waals surface area (Å²) in [6.45, 7) is 4.05. The number of halogens is 1. The highest BCUT2D eigenvalue weighted by Crippen LogP contribution is 2.28. The molecular weight excluding hydrogens is 230 g/mol. The summed E-state index contributed by atoms with van der Waals surface area (Å²) < 4.78 is 5.18. The van der Waals surface area contributed by atoms with Crippen LogP contribution in [0, 0.1) is 10.1 Å². The van der Waals surface area contributed by atoms with E-state index < -0.39 is 4.92 Å². The van der Waals surface area contributed by atoms with Gasteiger partial charge >= 0.3 is 5.69 Å². The Hall–Kier alpha value is -1.29. The van der Waals surface area contributed by atoms with E-state index in [0.29, 0.717) is 18.8 Å². The summed E-state index contributed by atoms with van der Waals surface area (Å²) in [6, 6.07) is 4.94. The van der Waals surface area contributed by atoms with Gasteiger partial charge in [-0.05, 0) is 31.9 Å². The van der Waals surface area contributed by atoms with Crippen molar-refractivity contribution in [1.82, 2.24) is 0 Å². The zero-order valence-electron chi connectivity index (χ0n) is 9.27. The molecule has 0 N–H and O–H groups in total. The molecule has 0 saturated carbocycles. The maximum absolute atomic E-state index is 10.8. The molecule has 0 heterocycles. The van der Waals surface area contributed by atoms with Crippen LogP contribution in [0.4, 0.5) is 5.69 Å². The van der Waals surface area contributed by atoms with Crippen molar-refractivity contribution in [3.63, 3.8) is 0 Å². The summed E-state index contributed by atoms with van der Waals surface area (Å²) in [5.41, 5.74) is 0.842. The molecule has 1 rings (SSSR count). The molecule has 1 aromatic rings. The maximum atomic E-state index is 10.8. The molecule has 0 aliphatic rings. The Morgan fingerprint density at radius 2 is 2.25 bits per heavy atom. The van der Waals surface area contributed by atoms with Crippen molar-refractivity contribution in [2.75, 3.05) is 6.61 Å². The van der Waals surface area contributed by atoms with Crippen molar-refractivity contribution in [3.05, 3.63) is 33.9 Å². The lowest BCUT2D eigenvalue weighted by molar-refractivity contribution is -0.385. The fourth-order valence-electron chi connectivity index (χ4n) is 1.43. The summed E-state index contributed by atoms with van der Waals surface area (Å²) in [4.78, 5) is 10.4. The first-order valence-electron chi connectivity index (χ1n) is 5.08. The summed E-state index contributed by atoms with van der Waals surface area (Å²) in [5, 5.41) is 10.8. The standard InChI is InChI=1S/C11H14ClNO3/c1-3-16-11-5-4-9(6-8(2)12)7-10(11)13(14)15/h4-5,7-8H,3,6H2,1-2H3. The van der Waals surface area contributed by atoms with Crippen molar-refractivity contribution < 1.29 is 9.66 Å². The summed E-state index contributed by atoms with van der Waals surface area (Å²) >= 11 is 5.84. The molecule has 1 unspecified atom stereocenters. The van der Waals surface area contributed by atoms with E-state index in [1.165, 1.54) is 6.07 Å². The predicted molar refractivity (Wildman–Crippen MR) is 63.3 cm³/mol. The Balaban J connectivity index is 3.02. The van der Waals surface area contributed by atoms with Crippen molar-refractivity contribution in [3.8, 4) is 5.75 Å². The van der Waals surface area contributed by atoms with E-state index >= 15 is 0 Å². The molecule has 88 valence electrons. The highest BCUT2D eigenvalue weighted by Gasteiger charge is 2.16. The molecular formula is C11H14ClNO3. The van der Waals surface area contributed by atoms with Gasteiger partial charge in [0.25, 0.3) is 0 Å². The van der Waals surface area contributed by atoms with Crippen LogP contribution in [-0.2, 0) is 6.42 Å². The van der Waals surface area contributed by atoms with Crippen LogP contribution in [0.2, 0.25) is 0 Å². The second-order valence-corrected chi connectivity index (χ2v) is 4.22. The fourth-order valence-corrected chi connectivity index (χ4v) is 1.61. The maximum Gasteiger partial charge on any atom is 0.311 e. The number of ether oxygens (including phenoxy) is 1. The van der Waals surface area contributed by atoms with Crippen LogP contribution in [0.1, 0.15) is 19.4 Å². The quantitative estimate of drug-likeness (QED) is 0.453. The number of benzene rings is 1. The molecule has 0 aromatic heterocycles. The summed E-state index contributed by atoms with van der Waals surface area (Å²) in [5.74, 6) is 0.304. The first-order valence-corrected chi connectivity index (χ1v) is 5.52. The van der Waals surface area contributed by atoms with E-state index in [2.05, 4.69) is 0 Å². The van der Waals surface area contributed by atoms with Gasteiger partial charge < -0.3 is 4.74 Å². The second kappa shape index (κ2) is 5.70. The molecule has 4 nitrogen and oxygen atoms in total. The third-order valence-electron chi connectivity index (χ3n) is 2.04. The van der Waals surface area contributed by atoms with Gasteiger partial charge in [-0.25, -0.2) is 0 Å². The molecule has 0 saturated heterocycles. The van der Waals surface area contributed by atoms with Gasteiger partial charge in [-0.15, -0.1) is 11.6 Å². The normalized spacial score (nSPS) is 12.2. The summed E-state index contributed by atoms with van der Waals surface area (Å²) in [6.07, 6.45) is 0.606. The highest BCUT2D eigenvalue weighted by atomic mass is 35.5. The molecule has 0 radical (unpaired) electrons. The molecule has 0 fully saturated rings. The Bertz CT molecular complexity index is 379. The molecule has 5 heteroatoms. The van der Waals surface area contributed by atoms with E-state index in [9.17, 15) is 10.1 Å². The van der Waals surface area contributed by atoms with Crippen LogP contribution in [-0.4, -0.2) is 16.9 Å². The Morgan fingerprint density at radius 1 is 1.56 bits per heavy atom. The molecule has 0 bridgehead atoms. The van der Waals surface area contributed by atoms with Gasteiger partial charge in [-0.2, -0.15) is 0 Å². The average Bonchev–Trinajstić information content (AvgIpc) is 2.19. The minimum Gasteiger partial charge on any atom is -0.487 e. The molecule has 16 heavy (non-hydrogen) atoms. The Morgan fingerprint density at radius 3 is 2.75 bits per heavy atom. The predicted octanol–water partition coefficient (Wildman–Crippen LogP) is 3.16. The van der Waals surface area contributed by atoms with E-state index in [0.717, 1.165) is 5.56 Å². The lowest BCUT2D eigenvalue weighted by Gasteiger charge is -2.07. The van der Waals surface area contributed by atoms with Crippen LogP contribution >= 0.6 is 11.6 Å². The van der Waals surface area contributed by atoms with Gasteiger partial charge in [0.2, 0.25) is 0 Å². The van der Waals surface area contributed by atoms with E-state index in [1.54, 1.807) is 19.1 Å².